The molecular formula is C59H81N13O15. The first-order valence-corrected chi connectivity index (χ1v) is 28.2. The Labute approximate surface area is 503 Å². The molecule has 28 heteroatoms. The van der Waals surface area contributed by atoms with E-state index in [0.29, 0.717) is 64.5 Å². The molecule has 0 fully saturated rings. The molecule has 472 valence electrons. The molecule has 4 aromatic carbocycles. The van der Waals surface area contributed by atoms with Crippen molar-refractivity contribution in [3.63, 3.8) is 0 Å². The van der Waals surface area contributed by atoms with Gasteiger partial charge in [-0.1, -0.05) is 0 Å². The molecule has 0 aromatic heterocycles. The molecular weight excluding hydrogens is 1130 g/mol. The Bertz CT molecular complexity index is 3050. The smallest absolute Gasteiger partial charge is 0.312 e. The van der Waals surface area contributed by atoms with Gasteiger partial charge in [-0.15, -0.1) is 0 Å². The van der Waals surface area contributed by atoms with Crippen molar-refractivity contribution in [2.75, 3.05) is 75.9 Å². The quantitative estimate of drug-likeness (QED) is 0.0226. The van der Waals surface area contributed by atoms with Crippen LogP contribution in [0.5, 0.6) is 23.0 Å². The molecule has 28 nitrogen and oxygen atoms in total. The van der Waals surface area contributed by atoms with Gasteiger partial charge in [-0.05, 0) is 176 Å². The van der Waals surface area contributed by atoms with Crippen LogP contribution in [0.15, 0.2) is 72.8 Å². The lowest BCUT2D eigenvalue weighted by atomic mass is 10.1. The van der Waals surface area contributed by atoms with Crippen molar-refractivity contribution >= 4 is 81.9 Å². The van der Waals surface area contributed by atoms with Crippen molar-refractivity contribution in [2.24, 2.45) is 28.7 Å². The molecule has 87 heavy (non-hydrogen) atoms. The average molecular weight is 1210 g/mol. The average Bonchev–Trinajstić information content (AvgIpc) is 2.93. The van der Waals surface area contributed by atoms with E-state index in [1.807, 2.05) is 0 Å². The topological polar surface area (TPSA) is 454 Å². The van der Waals surface area contributed by atoms with Gasteiger partial charge in [0.25, 0.3) is 23.6 Å². The van der Waals surface area contributed by atoms with E-state index in [-0.39, 0.29) is 107 Å². The first-order valence-electron chi connectivity index (χ1n) is 28.2. The number of hydrogen-bond acceptors (Lipinski definition) is 18. The fourth-order valence-corrected chi connectivity index (χ4v) is 8.92. The van der Waals surface area contributed by atoms with Crippen molar-refractivity contribution < 1.29 is 72.0 Å². The summed E-state index contributed by atoms with van der Waals surface area (Å²) in [4.78, 5) is 134. The van der Waals surface area contributed by atoms with Crippen LogP contribution in [0.2, 0.25) is 0 Å². The first kappa shape index (κ1) is 70.1. The summed E-state index contributed by atoms with van der Waals surface area (Å²) in [5, 5.41) is 30.6. The maximum Gasteiger partial charge on any atom is 0.312 e. The number of benzene rings is 4. The molecule has 4 atom stereocenters. The van der Waals surface area contributed by atoms with E-state index in [9.17, 15) is 47.9 Å². The second-order valence-corrected chi connectivity index (χ2v) is 19.9. The fraction of sp³-hybridized carbons (Fsp3) is 0.424. The summed E-state index contributed by atoms with van der Waals surface area (Å²) in [6, 6.07) is 12.3. The molecule has 4 aromatic rings. The zero-order valence-corrected chi connectivity index (χ0v) is 49.3. The summed E-state index contributed by atoms with van der Waals surface area (Å²) in [6.45, 7) is 1.23. The van der Waals surface area contributed by atoms with Crippen LogP contribution in [-0.2, 0) is 28.8 Å². The van der Waals surface area contributed by atoms with Crippen molar-refractivity contribution in [3.8, 4) is 23.0 Å². The zero-order chi connectivity index (χ0) is 64.0. The Kier molecular flexibility index (Phi) is 29.4. The van der Waals surface area contributed by atoms with Crippen LogP contribution in [0.3, 0.4) is 0 Å². The summed E-state index contributed by atoms with van der Waals surface area (Å²) in [6.07, 6.45) is 3.44. The number of primary amides is 1. The number of anilines is 4. The third kappa shape index (κ3) is 22.2. The summed E-state index contributed by atoms with van der Waals surface area (Å²) in [5.74, 6) is -7.55. The lowest BCUT2D eigenvalue weighted by Crippen LogP contribution is -2.45. The van der Waals surface area contributed by atoms with Gasteiger partial charge in [0.15, 0.2) is 0 Å². The number of carbonyl (C=O) groups excluding carboxylic acids is 9. The molecule has 0 aliphatic heterocycles. The summed E-state index contributed by atoms with van der Waals surface area (Å²) < 4.78 is 21.7. The van der Waals surface area contributed by atoms with Gasteiger partial charge in [-0.2, -0.15) is 0 Å². The highest BCUT2D eigenvalue weighted by atomic mass is 16.5. The van der Waals surface area contributed by atoms with Crippen LogP contribution in [0.4, 0.5) is 22.7 Å². The van der Waals surface area contributed by atoms with Crippen LogP contribution in [0.1, 0.15) is 125 Å². The minimum Gasteiger partial charge on any atom is -0.496 e. The van der Waals surface area contributed by atoms with Crippen molar-refractivity contribution in [1.29, 1.82) is 0 Å². The predicted molar refractivity (Wildman–Crippen MR) is 325 cm³/mol. The molecule has 0 aliphatic carbocycles. The van der Waals surface area contributed by atoms with Gasteiger partial charge in [-0.3, -0.25) is 47.9 Å². The maximum absolute atomic E-state index is 14.3. The Balaban J connectivity index is 1.56. The van der Waals surface area contributed by atoms with Gasteiger partial charge >= 0.3 is 5.97 Å². The number of nitrogens with one attached hydrogen (secondary N) is 8. The third-order valence-electron chi connectivity index (χ3n) is 13.5. The van der Waals surface area contributed by atoms with Crippen molar-refractivity contribution in [1.82, 2.24) is 21.3 Å². The lowest BCUT2D eigenvalue weighted by molar-refractivity contribution is -0.141. The van der Waals surface area contributed by atoms with E-state index in [1.165, 1.54) is 101 Å². The van der Waals surface area contributed by atoms with Crippen LogP contribution in [-0.4, -0.2) is 143 Å². The minimum absolute atomic E-state index is 0.0234. The molecule has 0 unspecified atom stereocenters. The summed E-state index contributed by atoms with van der Waals surface area (Å²) in [5.41, 5.74) is 28.8. The maximum atomic E-state index is 14.3. The number of carboxylic acids is 1. The van der Waals surface area contributed by atoms with Gasteiger partial charge in [-0.25, -0.2) is 0 Å². The number of hydrogen-bond donors (Lipinski definition) is 14. The minimum atomic E-state index is -1.38. The van der Waals surface area contributed by atoms with Crippen LogP contribution < -0.4 is 90.2 Å². The largest absolute Gasteiger partial charge is 0.496 e. The van der Waals surface area contributed by atoms with Gasteiger partial charge in [0, 0.05) is 22.7 Å². The highest BCUT2D eigenvalue weighted by Gasteiger charge is 2.29. The molecule has 0 radical (unpaired) electrons. The van der Waals surface area contributed by atoms with E-state index >= 15 is 0 Å². The van der Waals surface area contributed by atoms with Crippen LogP contribution in [0.25, 0.3) is 0 Å². The molecule has 4 rings (SSSR count). The normalized spacial score (nSPS) is 12.1. The molecule has 0 bridgehead atoms. The number of nitrogens with two attached hydrogens (primary N) is 5. The third-order valence-corrected chi connectivity index (χ3v) is 13.5. The van der Waals surface area contributed by atoms with Crippen molar-refractivity contribution in [3.05, 3.63) is 95.1 Å². The van der Waals surface area contributed by atoms with E-state index in [4.69, 9.17) is 52.7 Å². The number of carboxylic acid groups (broad SMARTS) is 1. The molecule has 9 amide bonds. The number of methoxy groups -OCH3 is 4. The molecule has 0 spiro atoms. The van der Waals surface area contributed by atoms with E-state index < -0.39 is 89.7 Å². The van der Waals surface area contributed by atoms with E-state index in [2.05, 4.69) is 42.5 Å². The Morgan fingerprint density at radius 3 is 0.885 bits per heavy atom. The van der Waals surface area contributed by atoms with Gasteiger partial charge in [0.2, 0.25) is 29.5 Å². The Hall–Kier alpha value is -9.38. The lowest BCUT2D eigenvalue weighted by Gasteiger charge is -2.22. The second kappa shape index (κ2) is 36.5. The molecule has 0 aliphatic rings. The molecule has 0 saturated heterocycles. The van der Waals surface area contributed by atoms with Crippen LogP contribution in [0, 0.1) is 0 Å². The highest BCUT2D eigenvalue weighted by molar-refractivity contribution is 6.08. The molecule has 19 N–H and O–H groups in total. The molecule has 0 heterocycles. The van der Waals surface area contributed by atoms with Gasteiger partial charge in [0.05, 0.1) is 50.7 Å². The number of aliphatic carboxylic acids is 1. The highest BCUT2D eigenvalue weighted by Crippen LogP contribution is 2.28. The number of rotatable bonds is 38. The van der Waals surface area contributed by atoms with Gasteiger partial charge < -0.3 is 95.3 Å². The standard InChI is InChI=1S/C59H81N13O15/c1-84-46-21-17-34(29-38(46)52(64)76)65-57(81)43(14-6-10-26-61)70-54(78)40-31-36(19-23-48(40)86-3)67-59(83)45(16-8-12-28-63)72-55(79)41-32-37(20-24-49(41)87-4)68-58(82)44(15-7-11-27-62)71-53(77)39-30-35(18-22-47(39)85-2)66-56(80)42(13-5-9-25-60)69-50(73)33-51(74)75/h17-24,29-32,42-45H,5-16,25-28,33,60-63H2,1-4H3,(H2,64,76)(H,65,81)(H,66,80)(H,67,83)(H,68,82)(H,69,73)(H,70,78)(H,71,77)(H,72,79)(H,74,75)/t42-,43-,44-,45-/m0/s1. The Morgan fingerprint density at radius 1 is 0.391 bits per heavy atom. The van der Waals surface area contributed by atoms with E-state index in [1.54, 1.807) is 0 Å². The molecule has 0 saturated carbocycles. The SMILES string of the molecule is COc1ccc(NC(=O)[C@H](CCCCN)NC(=O)c2cc(NC(=O)[C@H](CCCCN)NC(=O)c3cc(NC(=O)[C@H](CCCCN)NC(=O)c4cc(NC(=O)[C@H](CCCCN)NC(=O)CC(=O)O)ccc4OC)ccc3OC)ccc2OC)cc1C(N)=O. The second-order valence-electron chi connectivity index (χ2n) is 19.9. The number of amides is 9. The number of unbranched alkanes of at least 4 members (excludes halogenated alkanes) is 4. The fourth-order valence-electron chi connectivity index (χ4n) is 8.92. The van der Waals surface area contributed by atoms with Gasteiger partial charge in [0.1, 0.15) is 53.6 Å². The van der Waals surface area contributed by atoms with E-state index in [0.717, 1.165) is 0 Å². The summed E-state index contributed by atoms with van der Waals surface area (Å²) in [7, 11) is 5.34. The monoisotopic (exact) mass is 1210 g/mol. The first-order chi connectivity index (χ1) is 41.7. The number of ether oxygens (including phenoxy) is 4. The summed E-state index contributed by atoms with van der Waals surface area (Å²) >= 11 is 0. The Morgan fingerprint density at radius 2 is 0.644 bits per heavy atom. The van der Waals surface area contributed by atoms with Crippen LogP contribution >= 0.6 is 0 Å². The predicted octanol–water partition coefficient (Wildman–Crippen LogP) is 2.45. The number of carbonyl (C=O) groups is 10. The van der Waals surface area contributed by atoms with Crippen molar-refractivity contribution in [2.45, 2.75) is 108 Å². The zero-order valence-electron chi connectivity index (χ0n) is 49.3.